The minimum atomic E-state index is -0.630. The van der Waals surface area contributed by atoms with Gasteiger partial charge in [-0.2, -0.15) is 0 Å². The van der Waals surface area contributed by atoms with Gasteiger partial charge in [-0.25, -0.2) is 8.78 Å². The number of non-ortho nitro benzene ring substituents is 1. The van der Waals surface area contributed by atoms with Crippen LogP contribution in [0.25, 0.3) is 17.1 Å². The smallest absolute Gasteiger partial charge is 0.269 e. The second-order valence-corrected chi connectivity index (χ2v) is 7.25. The van der Waals surface area contributed by atoms with Crippen molar-refractivity contribution in [1.82, 2.24) is 14.8 Å². The normalized spacial score (nSPS) is 10.9. The van der Waals surface area contributed by atoms with E-state index in [-0.39, 0.29) is 11.4 Å². The van der Waals surface area contributed by atoms with Gasteiger partial charge in [-0.3, -0.25) is 14.7 Å². The minimum absolute atomic E-state index is 0.0223. The minimum Gasteiger partial charge on any atom is -0.270 e. The number of nitro benzene ring substituents is 1. The quantitative estimate of drug-likeness (QED) is 0.235. The number of hydrogen-bond acceptors (Lipinski definition) is 5. The van der Waals surface area contributed by atoms with Gasteiger partial charge in [0, 0.05) is 35.2 Å². The SMILES string of the molecule is O=[N+]([O-])c1ccc(-c2nnc(SCc3ccc(F)cc3F)n2-c2ccccc2)cc1. The first-order valence-corrected chi connectivity index (χ1v) is 9.84. The Morgan fingerprint density at radius 3 is 2.37 bits per heavy atom. The zero-order valence-corrected chi connectivity index (χ0v) is 16.2. The molecule has 0 fully saturated rings. The molecule has 0 spiro atoms. The Morgan fingerprint density at radius 1 is 0.967 bits per heavy atom. The lowest BCUT2D eigenvalue weighted by Gasteiger charge is -2.10. The molecular formula is C21H14F2N4O2S. The van der Waals surface area contributed by atoms with E-state index in [4.69, 9.17) is 0 Å². The van der Waals surface area contributed by atoms with Crippen molar-refractivity contribution in [2.45, 2.75) is 10.9 Å². The molecule has 150 valence electrons. The summed E-state index contributed by atoms with van der Waals surface area (Å²) in [6, 6.07) is 18.8. The summed E-state index contributed by atoms with van der Waals surface area (Å²) in [5.74, 6) is -0.520. The van der Waals surface area contributed by atoms with Gasteiger partial charge in [0.15, 0.2) is 11.0 Å². The number of para-hydroxylation sites is 1. The zero-order valence-electron chi connectivity index (χ0n) is 15.4. The van der Waals surface area contributed by atoms with Crippen LogP contribution >= 0.6 is 11.8 Å². The Hall–Kier alpha value is -3.59. The van der Waals surface area contributed by atoms with Crippen molar-refractivity contribution in [3.8, 4) is 17.1 Å². The first-order valence-electron chi connectivity index (χ1n) is 8.85. The molecule has 0 aliphatic carbocycles. The number of rotatable bonds is 6. The summed E-state index contributed by atoms with van der Waals surface area (Å²) >= 11 is 1.26. The number of benzene rings is 3. The van der Waals surface area contributed by atoms with Crippen LogP contribution < -0.4 is 0 Å². The summed E-state index contributed by atoms with van der Waals surface area (Å²) in [6.07, 6.45) is 0. The lowest BCUT2D eigenvalue weighted by molar-refractivity contribution is -0.384. The molecule has 0 radical (unpaired) electrons. The molecule has 1 heterocycles. The van der Waals surface area contributed by atoms with E-state index in [0.717, 1.165) is 11.8 Å². The van der Waals surface area contributed by atoms with Crippen molar-refractivity contribution in [3.05, 3.63) is 100 Å². The third-order valence-corrected chi connectivity index (χ3v) is 5.33. The van der Waals surface area contributed by atoms with Crippen LogP contribution in [-0.2, 0) is 5.75 Å². The van der Waals surface area contributed by atoms with E-state index in [1.807, 2.05) is 30.3 Å². The van der Waals surface area contributed by atoms with Gasteiger partial charge in [-0.05, 0) is 35.9 Å². The number of aromatic nitrogens is 3. The average molecular weight is 424 g/mol. The Morgan fingerprint density at radius 2 is 1.70 bits per heavy atom. The number of halogens is 2. The van der Waals surface area contributed by atoms with Crippen molar-refractivity contribution in [3.63, 3.8) is 0 Å². The van der Waals surface area contributed by atoms with E-state index in [1.165, 1.54) is 36.0 Å². The standard InChI is InChI=1S/C21H14F2N4O2S/c22-16-9-6-15(19(23)12-16)13-30-21-25-24-20(26(21)17-4-2-1-3-5-17)14-7-10-18(11-8-14)27(28)29/h1-12H,13H2. The molecule has 0 aliphatic rings. The molecule has 0 unspecified atom stereocenters. The summed E-state index contributed by atoms with van der Waals surface area (Å²) < 4.78 is 28.9. The van der Waals surface area contributed by atoms with Crippen molar-refractivity contribution in [2.24, 2.45) is 0 Å². The average Bonchev–Trinajstić information content (AvgIpc) is 3.18. The topological polar surface area (TPSA) is 73.8 Å². The van der Waals surface area contributed by atoms with E-state index in [1.54, 1.807) is 16.7 Å². The molecule has 0 amide bonds. The summed E-state index contributed by atoms with van der Waals surface area (Å²) in [5, 5.41) is 19.9. The maximum absolute atomic E-state index is 14.0. The van der Waals surface area contributed by atoms with Crippen molar-refractivity contribution in [2.75, 3.05) is 0 Å². The van der Waals surface area contributed by atoms with E-state index in [0.29, 0.717) is 22.1 Å². The molecule has 1 aromatic heterocycles. The summed E-state index contributed by atoms with van der Waals surface area (Å²) in [5.41, 5.74) is 1.77. The molecule has 9 heteroatoms. The van der Waals surface area contributed by atoms with Crippen molar-refractivity contribution < 1.29 is 13.7 Å². The highest BCUT2D eigenvalue weighted by molar-refractivity contribution is 7.98. The van der Waals surface area contributed by atoms with Crippen LogP contribution in [0.2, 0.25) is 0 Å². The summed E-state index contributed by atoms with van der Waals surface area (Å²) in [6.45, 7) is 0. The van der Waals surface area contributed by atoms with Crippen LogP contribution in [0.3, 0.4) is 0 Å². The van der Waals surface area contributed by atoms with E-state index in [9.17, 15) is 18.9 Å². The molecule has 0 bridgehead atoms. The van der Waals surface area contributed by atoms with Crippen LogP contribution in [0.5, 0.6) is 0 Å². The van der Waals surface area contributed by atoms with Crippen LogP contribution in [0, 0.1) is 21.7 Å². The summed E-state index contributed by atoms with van der Waals surface area (Å²) in [4.78, 5) is 10.5. The predicted molar refractivity (Wildman–Crippen MR) is 109 cm³/mol. The van der Waals surface area contributed by atoms with Crippen LogP contribution in [-0.4, -0.2) is 19.7 Å². The molecule has 4 aromatic rings. The zero-order chi connectivity index (χ0) is 21.1. The van der Waals surface area contributed by atoms with Gasteiger partial charge < -0.3 is 0 Å². The van der Waals surface area contributed by atoms with Crippen LogP contribution in [0.15, 0.2) is 78.0 Å². The largest absolute Gasteiger partial charge is 0.270 e. The van der Waals surface area contributed by atoms with Gasteiger partial charge in [-0.15, -0.1) is 10.2 Å². The molecule has 0 aliphatic heterocycles. The number of hydrogen-bond donors (Lipinski definition) is 0. The lowest BCUT2D eigenvalue weighted by atomic mass is 10.2. The molecule has 30 heavy (non-hydrogen) atoms. The van der Waals surface area contributed by atoms with Gasteiger partial charge in [-0.1, -0.05) is 36.0 Å². The fourth-order valence-corrected chi connectivity index (χ4v) is 3.81. The summed E-state index contributed by atoms with van der Waals surface area (Å²) in [7, 11) is 0. The highest BCUT2D eigenvalue weighted by Gasteiger charge is 2.18. The van der Waals surface area contributed by atoms with Crippen LogP contribution in [0.4, 0.5) is 14.5 Å². The van der Waals surface area contributed by atoms with Gasteiger partial charge in [0.1, 0.15) is 11.6 Å². The molecule has 0 N–H and O–H groups in total. The van der Waals surface area contributed by atoms with Crippen LogP contribution in [0.1, 0.15) is 5.56 Å². The van der Waals surface area contributed by atoms with Crippen molar-refractivity contribution in [1.29, 1.82) is 0 Å². The van der Waals surface area contributed by atoms with E-state index in [2.05, 4.69) is 10.2 Å². The molecule has 0 saturated heterocycles. The molecule has 6 nitrogen and oxygen atoms in total. The highest BCUT2D eigenvalue weighted by Crippen LogP contribution is 2.31. The fourth-order valence-electron chi connectivity index (χ4n) is 2.87. The third kappa shape index (κ3) is 4.06. The Bertz CT molecular complexity index is 1200. The molecule has 4 rings (SSSR count). The second kappa shape index (κ2) is 8.42. The van der Waals surface area contributed by atoms with E-state index >= 15 is 0 Å². The Labute approximate surface area is 174 Å². The fraction of sp³-hybridized carbons (Fsp3) is 0.0476. The highest BCUT2D eigenvalue weighted by atomic mass is 32.2. The Kier molecular flexibility index (Phi) is 5.53. The number of nitro groups is 1. The number of nitrogens with zero attached hydrogens (tertiary/aromatic N) is 4. The second-order valence-electron chi connectivity index (χ2n) is 6.31. The van der Waals surface area contributed by atoms with Gasteiger partial charge in [0.25, 0.3) is 5.69 Å². The molecule has 3 aromatic carbocycles. The first kappa shape index (κ1) is 19.7. The van der Waals surface area contributed by atoms with Gasteiger partial charge in [0.2, 0.25) is 0 Å². The number of thioether (sulfide) groups is 1. The molecule has 0 saturated carbocycles. The van der Waals surface area contributed by atoms with Gasteiger partial charge in [0.05, 0.1) is 4.92 Å². The van der Waals surface area contributed by atoms with Gasteiger partial charge >= 0.3 is 0 Å². The monoisotopic (exact) mass is 424 g/mol. The third-order valence-electron chi connectivity index (χ3n) is 4.36. The molecular weight excluding hydrogens is 410 g/mol. The van der Waals surface area contributed by atoms with Crippen molar-refractivity contribution >= 4 is 17.4 Å². The maximum atomic E-state index is 14.0. The lowest BCUT2D eigenvalue weighted by Crippen LogP contribution is -2.00. The Balaban J connectivity index is 1.71. The predicted octanol–water partition coefficient (Wildman–Crippen LogP) is 5.41. The molecule has 0 atom stereocenters. The maximum Gasteiger partial charge on any atom is 0.269 e. The first-order chi connectivity index (χ1) is 14.5. The van der Waals surface area contributed by atoms with E-state index < -0.39 is 16.6 Å².